The van der Waals surface area contributed by atoms with Gasteiger partial charge in [0, 0.05) is 12.5 Å². The van der Waals surface area contributed by atoms with Crippen molar-refractivity contribution in [2.45, 2.75) is 12.8 Å². The smallest absolute Gasteiger partial charge is 0.252 e. The second-order valence-corrected chi connectivity index (χ2v) is 2.51. The molecule has 66 valence electrons. The SMILES string of the molecule is NCCCc1nc(N)cc(=O)[nH]1. The highest BCUT2D eigenvalue weighted by atomic mass is 16.1. The minimum Gasteiger partial charge on any atom is -0.383 e. The highest BCUT2D eigenvalue weighted by Crippen LogP contribution is 1.95. The maximum Gasteiger partial charge on any atom is 0.252 e. The number of aromatic amines is 1. The number of aryl methyl sites for hydroxylation is 1. The third-order valence-electron chi connectivity index (χ3n) is 1.43. The molecule has 0 unspecified atom stereocenters. The van der Waals surface area contributed by atoms with Crippen LogP contribution in [-0.2, 0) is 6.42 Å². The summed E-state index contributed by atoms with van der Waals surface area (Å²) in [6.07, 6.45) is 1.46. The number of aromatic nitrogens is 2. The van der Waals surface area contributed by atoms with Gasteiger partial charge in [-0.1, -0.05) is 0 Å². The molecule has 5 nitrogen and oxygen atoms in total. The molecule has 12 heavy (non-hydrogen) atoms. The first-order valence-electron chi connectivity index (χ1n) is 3.78. The van der Waals surface area contributed by atoms with Crippen LogP contribution in [0.2, 0.25) is 0 Å². The zero-order valence-electron chi connectivity index (χ0n) is 6.71. The summed E-state index contributed by atoms with van der Waals surface area (Å²) in [4.78, 5) is 17.4. The van der Waals surface area contributed by atoms with Crippen LogP contribution in [0.25, 0.3) is 0 Å². The molecule has 0 saturated carbocycles. The lowest BCUT2D eigenvalue weighted by Crippen LogP contribution is -2.13. The van der Waals surface area contributed by atoms with E-state index in [1.54, 1.807) is 0 Å². The normalized spacial score (nSPS) is 10.1. The Bertz CT molecular complexity index is 307. The summed E-state index contributed by atoms with van der Waals surface area (Å²) in [7, 11) is 0. The molecular formula is C7H12N4O. The van der Waals surface area contributed by atoms with Crippen LogP contribution < -0.4 is 17.0 Å². The van der Waals surface area contributed by atoms with Crippen LogP contribution in [0, 0.1) is 0 Å². The van der Waals surface area contributed by atoms with Crippen LogP contribution >= 0.6 is 0 Å². The van der Waals surface area contributed by atoms with Gasteiger partial charge in [0.2, 0.25) is 0 Å². The molecule has 1 rings (SSSR count). The van der Waals surface area contributed by atoms with E-state index in [1.807, 2.05) is 0 Å². The van der Waals surface area contributed by atoms with Crippen molar-refractivity contribution in [3.8, 4) is 0 Å². The van der Waals surface area contributed by atoms with Gasteiger partial charge in [0.25, 0.3) is 5.56 Å². The largest absolute Gasteiger partial charge is 0.383 e. The predicted octanol–water partition coefficient (Wildman–Crippen LogP) is -0.757. The van der Waals surface area contributed by atoms with E-state index in [4.69, 9.17) is 11.5 Å². The van der Waals surface area contributed by atoms with E-state index < -0.39 is 0 Å². The minimum atomic E-state index is -0.213. The van der Waals surface area contributed by atoms with Gasteiger partial charge in [0.05, 0.1) is 0 Å². The van der Waals surface area contributed by atoms with E-state index in [-0.39, 0.29) is 11.4 Å². The van der Waals surface area contributed by atoms with Gasteiger partial charge in [-0.05, 0) is 13.0 Å². The average molecular weight is 168 g/mol. The number of nitrogens with zero attached hydrogens (tertiary/aromatic N) is 1. The Hall–Kier alpha value is -1.36. The van der Waals surface area contributed by atoms with Crippen LogP contribution in [0.4, 0.5) is 5.82 Å². The Labute approximate surface area is 69.8 Å². The Morgan fingerprint density at radius 1 is 1.58 bits per heavy atom. The molecule has 0 amide bonds. The first-order valence-corrected chi connectivity index (χ1v) is 3.78. The van der Waals surface area contributed by atoms with E-state index in [2.05, 4.69) is 9.97 Å². The Morgan fingerprint density at radius 3 is 2.92 bits per heavy atom. The summed E-state index contributed by atoms with van der Waals surface area (Å²) in [5.74, 6) is 0.858. The lowest BCUT2D eigenvalue weighted by atomic mass is 10.3. The molecule has 1 aromatic rings. The van der Waals surface area contributed by atoms with Crippen molar-refractivity contribution in [3.63, 3.8) is 0 Å². The fourth-order valence-electron chi connectivity index (χ4n) is 0.917. The highest BCUT2D eigenvalue weighted by Gasteiger charge is 1.96. The van der Waals surface area contributed by atoms with Crippen LogP contribution in [0.5, 0.6) is 0 Å². The molecule has 0 spiro atoms. The van der Waals surface area contributed by atoms with Gasteiger partial charge in [0.1, 0.15) is 11.6 Å². The maximum absolute atomic E-state index is 10.9. The number of nitrogen functional groups attached to an aromatic ring is 1. The molecule has 5 heteroatoms. The van der Waals surface area contributed by atoms with E-state index in [1.165, 1.54) is 6.07 Å². The maximum atomic E-state index is 10.9. The van der Waals surface area contributed by atoms with E-state index in [0.29, 0.717) is 18.8 Å². The summed E-state index contributed by atoms with van der Waals surface area (Å²) in [5, 5.41) is 0. The van der Waals surface area contributed by atoms with Crippen molar-refractivity contribution in [2.24, 2.45) is 5.73 Å². The van der Waals surface area contributed by atoms with Gasteiger partial charge in [-0.2, -0.15) is 0 Å². The molecular weight excluding hydrogens is 156 g/mol. The number of nitrogens with two attached hydrogens (primary N) is 2. The zero-order chi connectivity index (χ0) is 8.97. The zero-order valence-corrected chi connectivity index (χ0v) is 6.71. The van der Waals surface area contributed by atoms with Crippen LogP contribution in [0.1, 0.15) is 12.2 Å². The van der Waals surface area contributed by atoms with E-state index >= 15 is 0 Å². The molecule has 0 aliphatic heterocycles. The summed E-state index contributed by atoms with van der Waals surface area (Å²) in [5.41, 5.74) is 10.5. The standard InChI is InChI=1S/C7H12N4O/c8-3-1-2-6-10-5(9)4-7(12)11-6/h4H,1-3,8H2,(H3,9,10,11,12). The molecule has 0 radical (unpaired) electrons. The summed E-state index contributed by atoms with van der Waals surface area (Å²) in [6.45, 7) is 0.582. The van der Waals surface area contributed by atoms with Gasteiger partial charge in [-0.3, -0.25) is 4.79 Å². The molecule has 1 heterocycles. The number of nitrogens with one attached hydrogen (secondary N) is 1. The number of rotatable bonds is 3. The van der Waals surface area contributed by atoms with Gasteiger partial charge >= 0.3 is 0 Å². The van der Waals surface area contributed by atoms with Crippen molar-refractivity contribution in [2.75, 3.05) is 12.3 Å². The van der Waals surface area contributed by atoms with Crippen LogP contribution in [0.3, 0.4) is 0 Å². The predicted molar refractivity (Wildman–Crippen MR) is 46.6 cm³/mol. The van der Waals surface area contributed by atoms with Crippen molar-refractivity contribution in [3.05, 3.63) is 22.2 Å². The summed E-state index contributed by atoms with van der Waals surface area (Å²) < 4.78 is 0. The average Bonchev–Trinajstić information content (AvgIpc) is 1.99. The lowest BCUT2D eigenvalue weighted by molar-refractivity contribution is 0.777. The van der Waals surface area contributed by atoms with Gasteiger partial charge in [-0.25, -0.2) is 4.98 Å². The lowest BCUT2D eigenvalue weighted by Gasteiger charge is -1.98. The van der Waals surface area contributed by atoms with E-state index in [0.717, 1.165) is 6.42 Å². The Morgan fingerprint density at radius 2 is 2.33 bits per heavy atom. The van der Waals surface area contributed by atoms with Crippen molar-refractivity contribution >= 4 is 5.82 Å². The number of hydrogen-bond acceptors (Lipinski definition) is 4. The molecule has 0 aliphatic carbocycles. The van der Waals surface area contributed by atoms with Crippen LogP contribution in [0.15, 0.2) is 10.9 Å². The topological polar surface area (TPSA) is 97.8 Å². The minimum absolute atomic E-state index is 0.213. The number of anilines is 1. The molecule has 0 atom stereocenters. The fraction of sp³-hybridized carbons (Fsp3) is 0.429. The Kier molecular flexibility index (Phi) is 2.82. The third kappa shape index (κ3) is 2.35. The first kappa shape index (κ1) is 8.73. The molecule has 0 bridgehead atoms. The fourth-order valence-corrected chi connectivity index (χ4v) is 0.917. The monoisotopic (exact) mass is 168 g/mol. The second kappa shape index (κ2) is 3.87. The van der Waals surface area contributed by atoms with Gasteiger partial charge in [-0.15, -0.1) is 0 Å². The molecule has 0 aliphatic rings. The van der Waals surface area contributed by atoms with E-state index in [9.17, 15) is 4.79 Å². The summed E-state index contributed by atoms with van der Waals surface area (Å²) in [6, 6.07) is 1.26. The number of hydrogen-bond donors (Lipinski definition) is 3. The molecule has 0 fully saturated rings. The van der Waals surface area contributed by atoms with Crippen LogP contribution in [-0.4, -0.2) is 16.5 Å². The molecule has 5 N–H and O–H groups in total. The quantitative estimate of drug-likeness (QED) is 0.552. The van der Waals surface area contributed by atoms with Gasteiger partial charge in [0.15, 0.2) is 0 Å². The van der Waals surface area contributed by atoms with Gasteiger partial charge < -0.3 is 16.5 Å². The molecule has 1 aromatic heterocycles. The summed E-state index contributed by atoms with van der Waals surface area (Å²) >= 11 is 0. The molecule has 0 saturated heterocycles. The van der Waals surface area contributed by atoms with Crippen molar-refractivity contribution in [1.82, 2.24) is 9.97 Å². The Balaban J connectivity index is 2.79. The third-order valence-corrected chi connectivity index (χ3v) is 1.43. The van der Waals surface area contributed by atoms with Crippen molar-refractivity contribution < 1.29 is 0 Å². The molecule has 0 aromatic carbocycles. The highest BCUT2D eigenvalue weighted by molar-refractivity contribution is 5.25. The second-order valence-electron chi connectivity index (χ2n) is 2.51. The van der Waals surface area contributed by atoms with Crippen molar-refractivity contribution in [1.29, 1.82) is 0 Å². The first-order chi connectivity index (χ1) is 5.72. The number of H-pyrrole nitrogens is 1.